The molecule has 18 heavy (non-hydrogen) atoms. The zero-order chi connectivity index (χ0) is 12.5. The molecule has 0 atom stereocenters. The average molecular weight is 247 g/mol. The molecule has 1 aliphatic rings. The molecule has 2 aromatic rings. The Labute approximate surface area is 105 Å². The predicted octanol–water partition coefficient (Wildman–Crippen LogP) is 1.02. The largest absolute Gasteiger partial charge is 0.419 e. The molecule has 0 spiro atoms. The summed E-state index contributed by atoms with van der Waals surface area (Å²) in [5.74, 6) is -0.273. The fourth-order valence-corrected chi connectivity index (χ4v) is 2.47. The van der Waals surface area contributed by atoms with Crippen LogP contribution >= 0.6 is 0 Å². The molecule has 1 aromatic carbocycles. The first kappa shape index (κ1) is 11.3. The van der Waals surface area contributed by atoms with Gasteiger partial charge < -0.3 is 14.6 Å². The van der Waals surface area contributed by atoms with Crippen LogP contribution in [-0.2, 0) is 6.54 Å². The van der Waals surface area contributed by atoms with Gasteiger partial charge in [-0.05, 0) is 25.1 Å². The van der Waals surface area contributed by atoms with Gasteiger partial charge in [-0.1, -0.05) is 0 Å². The summed E-state index contributed by atoms with van der Waals surface area (Å²) < 4.78 is 6.88. The molecule has 0 bridgehead atoms. The average Bonchev–Trinajstić information content (AvgIpc) is 2.74. The number of rotatable bonds is 2. The van der Waals surface area contributed by atoms with E-state index in [1.165, 1.54) is 0 Å². The van der Waals surface area contributed by atoms with Crippen LogP contribution in [-0.4, -0.2) is 30.7 Å². The summed E-state index contributed by atoms with van der Waals surface area (Å²) in [6.45, 7) is 6.60. The second-order valence-electron chi connectivity index (χ2n) is 4.50. The first-order chi connectivity index (χ1) is 8.79. The van der Waals surface area contributed by atoms with Crippen molar-refractivity contribution in [3.05, 3.63) is 28.7 Å². The molecule has 5 heteroatoms. The monoisotopic (exact) mass is 247 g/mol. The quantitative estimate of drug-likeness (QED) is 0.861. The van der Waals surface area contributed by atoms with Crippen molar-refractivity contribution in [2.75, 3.05) is 31.1 Å². The minimum absolute atomic E-state index is 0.273. The molecule has 1 aliphatic heterocycles. The maximum atomic E-state index is 11.6. The lowest BCUT2D eigenvalue weighted by atomic mass is 10.2. The fourth-order valence-electron chi connectivity index (χ4n) is 2.47. The minimum atomic E-state index is -0.273. The van der Waals surface area contributed by atoms with Gasteiger partial charge in [-0.3, -0.25) is 4.57 Å². The zero-order valence-electron chi connectivity index (χ0n) is 10.5. The van der Waals surface area contributed by atoms with Crippen molar-refractivity contribution < 1.29 is 4.42 Å². The number of nitrogens with one attached hydrogen (secondary N) is 1. The Balaban J connectivity index is 2.06. The number of hydrogen-bond donors (Lipinski definition) is 1. The van der Waals surface area contributed by atoms with Crippen molar-refractivity contribution in [3.8, 4) is 0 Å². The predicted molar refractivity (Wildman–Crippen MR) is 71.2 cm³/mol. The van der Waals surface area contributed by atoms with Gasteiger partial charge in [0.25, 0.3) is 0 Å². The van der Waals surface area contributed by atoms with E-state index in [0.29, 0.717) is 12.1 Å². The van der Waals surface area contributed by atoms with E-state index >= 15 is 0 Å². The van der Waals surface area contributed by atoms with Gasteiger partial charge in [0.15, 0.2) is 5.58 Å². The lowest BCUT2D eigenvalue weighted by molar-refractivity contribution is 0.513. The Bertz CT molecular complexity index is 608. The second-order valence-corrected chi connectivity index (χ2v) is 4.50. The number of anilines is 1. The minimum Gasteiger partial charge on any atom is -0.408 e. The van der Waals surface area contributed by atoms with Crippen LogP contribution in [0.1, 0.15) is 6.92 Å². The Kier molecular flexibility index (Phi) is 2.83. The SMILES string of the molecule is CCn1c(=O)oc2ccc(N3CCNCC3)cc21. The summed E-state index contributed by atoms with van der Waals surface area (Å²) in [5.41, 5.74) is 2.71. The van der Waals surface area contributed by atoms with E-state index < -0.39 is 0 Å². The van der Waals surface area contributed by atoms with Crippen molar-refractivity contribution in [3.63, 3.8) is 0 Å². The smallest absolute Gasteiger partial charge is 0.408 e. The molecule has 0 aliphatic carbocycles. The van der Waals surface area contributed by atoms with Crippen LogP contribution in [0.5, 0.6) is 0 Å². The Morgan fingerprint density at radius 1 is 1.33 bits per heavy atom. The van der Waals surface area contributed by atoms with E-state index in [-0.39, 0.29) is 5.76 Å². The van der Waals surface area contributed by atoms with Crippen molar-refractivity contribution in [2.45, 2.75) is 13.5 Å². The Hall–Kier alpha value is -1.75. The molecule has 0 saturated carbocycles. The number of aromatic nitrogens is 1. The van der Waals surface area contributed by atoms with Gasteiger partial charge >= 0.3 is 5.76 Å². The molecule has 1 N–H and O–H groups in total. The number of nitrogens with zero attached hydrogens (tertiary/aromatic N) is 2. The molecule has 3 rings (SSSR count). The number of fused-ring (bicyclic) bond motifs is 1. The van der Waals surface area contributed by atoms with Gasteiger partial charge in [-0.2, -0.15) is 0 Å². The van der Waals surface area contributed by atoms with Gasteiger partial charge in [0, 0.05) is 38.4 Å². The Morgan fingerprint density at radius 2 is 2.11 bits per heavy atom. The van der Waals surface area contributed by atoms with Gasteiger partial charge in [0.1, 0.15) is 0 Å². The van der Waals surface area contributed by atoms with E-state index in [4.69, 9.17) is 4.42 Å². The molecule has 0 amide bonds. The third-order valence-corrected chi connectivity index (χ3v) is 3.45. The van der Waals surface area contributed by atoms with E-state index in [9.17, 15) is 4.79 Å². The molecule has 1 aromatic heterocycles. The maximum Gasteiger partial charge on any atom is 0.419 e. The first-order valence-corrected chi connectivity index (χ1v) is 6.38. The molecular weight excluding hydrogens is 230 g/mol. The van der Waals surface area contributed by atoms with Gasteiger partial charge in [-0.15, -0.1) is 0 Å². The molecule has 5 nitrogen and oxygen atoms in total. The van der Waals surface area contributed by atoms with Crippen LogP contribution in [0.4, 0.5) is 5.69 Å². The molecule has 0 unspecified atom stereocenters. The van der Waals surface area contributed by atoms with Gasteiger partial charge in [0.2, 0.25) is 0 Å². The summed E-state index contributed by atoms with van der Waals surface area (Å²) in [4.78, 5) is 14.0. The standard InChI is InChI=1S/C13H17N3O2/c1-2-16-11-9-10(15-7-5-14-6-8-15)3-4-12(11)18-13(16)17/h3-4,9,14H,2,5-8H2,1H3. The van der Waals surface area contributed by atoms with Crippen LogP contribution in [0.15, 0.2) is 27.4 Å². The summed E-state index contributed by atoms with van der Waals surface area (Å²) in [5, 5.41) is 3.33. The summed E-state index contributed by atoms with van der Waals surface area (Å²) in [6.07, 6.45) is 0. The van der Waals surface area contributed by atoms with E-state index in [0.717, 1.165) is 37.4 Å². The molecule has 2 heterocycles. The highest BCUT2D eigenvalue weighted by molar-refractivity contribution is 5.78. The van der Waals surface area contributed by atoms with Crippen molar-refractivity contribution in [1.29, 1.82) is 0 Å². The second kappa shape index (κ2) is 4.49. The van der Waals surface area contributed by atoms with Crippen molar-refractivity contribution in [2.24, 2.45) is 0 Å². The van der Waals surface area contributed by atoms with Gasteiger partial charge in [-0.25, -0.2) is 4.79 Å². The fraction of sp³-hybridized carbons (Fsp3) is 0.462. The topological polar surface area (TPSA) is 50.4 Å². The third-order valence-electron chi connectivity index (χ3n) is 3.45. The number of aryl methyl sites for hydroxylation is 1. The van der Waals surface area contributed by atoms with Gasteiger partial charge in [0.05, 0.1) is 5.52 Å². The number of oxazole rings is 1. The number of benzene rings is 1. The molecule has 96 valence electrons. The number of piperazine rings is 1. The first-order valence-electron chi connectivity index (χ1n) is 6.38. The molecule has 1 fully saturated rings. The summed E-state index contributed by atoms with van der Waals surface area (Å²) in [7, 11) is 0. The highest BCUT2D eigenvalue weighted by atomic mass is 16.4. The molecule has 1 saturated heterocycles. The van der Waals surface area contributed by atoms with Crippen molar-refractivity contribution in [1.82, 2.24) is 9.88 Å². The summed E-state index contributed by atoms with van der Waals surface area (Å²) in [6, 6.07) is 5.96. The highest BCUT2D eigenvalue weighted by Gasteiger charge is 2.13. The van der Waals surface area contributed by atoms with Crippen LogP contribution in [0, 0.1) is 0 Å². The Morgan fingerprint density at radius 3 is 2.83 bits per heavy atom. The van der Waals surface area contributed by atoms with Crippen LogP contribution in [0.2, 0.25) is 0 Å². The van der Waals surface area contributed by atoms with E-state index in [2.05, 4.69) is 16.3 Å². The van der Waals surface area contributed by atoms with E-state index in [1.54, 1.807) is 4.57 Å². The number of hydrogen-bond acceptors (Lipinski definition) is 4. The third kappa shape index (κ3) is 1.80. The lowest BCUT2D eigenvalue weighted by Gasteiger charge is -2.29. The zero-order valence-corrected chi connectivity index (χ0v) is 10.5. The highest BCUT2D eigenvalue weighted by Crippen LogP contribution is 2.22. The van der Waals surface area contributed by atoms with Crippen LogP contribution in [0.3, 0.4) is 0 Å². The summed E-state index contributed by atoms with van der Waals surface area (Å²) >= 11 is 0. The maximum absolute atomic E-state index is 11.6. The van der Waals surface area contributed by atoms with E-state index in [1.807, 2.05) is 19.1 Å². The normalized spacial score (nSPS) is 16.4. The van der Waals surface area contributed by atoms with Crippen LogP contribution < -0.4 is 16.0 Å². The molecule has 0 radical (unpaired) electrons. The van der Waals surface area contributed by atoms with Crippen LogP contribution in [0.25, 0.3) is 11.1 Å². The van der Waals surface area contributed by atoms with Crippen molar-refractivity contribution >= 4 is 16.8 Å². The molecular formula is C13H17N3O2. The lowest BCUT2D eigenvalue weighted by Crippen LogP contribution is -2.43.